The van der Waals surface area contributed by atoms with Crippen LogP contribution in [0.3, 0.4) is 0 Å². The number of carbonyl (C=O) groups excluding carboxylic acids is 1. The molecule has 2 rings (SSSR count). The van der Waals surface area contributed by atoms with E-state index in [9.17, 15) is 4.79 Å². The van der Waals surface area contributed by atoms with Crippen LogP contribution in [0.25, 0.3) is 0 Å². The highest BCUT2D eigenvalue weighted by molar-refractivity contribution is 6.06. The van der Waals surface area contributed by atoms with Gasteiger partial charge in [0.25, 0.3) is 5.91 Å². The van der Waals surface area contributed by atoms with E-state index < -0.39 is 0 Å². The molecule has 24 heavy (non-hydrogen) atoms. The monoisotopic (exact) mass is 327 g/mol. The van der Waals surface area contributed by atoms with Crippen LogP contribution in [-0.2, 0) is 0 Å². The van der Waals surface area contributed by atoms with E-state index in [0.29, 0.717) is 41.9 Å². The first kappa shape index (κ1) is 17.9. The molecule has 0 fully saturated rings. The second-order valence-electron chi connectivity index (χ2n) is 6.00. The minimum atomic E-state index is -0.206. The number of amides is 1. The molecule has 2 aromatic rings. The summed E-state index contributed by atoms with van der Waals surface area (Å²) in [5, 5.41) is 2.92. The Morgan fingerprint density at radius 1 is 1.00 bits per heavy atom. The van der Waals surface area contributed by atoms with Crippen LogP contribution >= 0.6 is 0 Å². The Hall–Kier alpha value is -2.49. The fourth-order valence-electron chi connectivity index (χ4n) is 2.13. The van der Waals surface area contributed by atoms with Crippen LogP contribution in [0, 0.1) is 5.92 Å². The Labute approximate surface area is 143 Å². The summed E-state index contributed by atoms with van der Waals surface area (Å²) in [5.74, 6) is 1.48. The summed E-state index contributed by atoms with van der Waals surface area (Å²) < 4.78 is 11.4. The number of ether oxygens (including phenoxy) is 2. The molecule has 128 valence electrons. The van der Waals surface area contributed by atoms with Crippen molar-refractivity contribution >= 4 is 11.6 Å². The third-order valence-electron chi connectivity index (χ3n) is 3.30. The molecule has 4 nitrogen and oxygen atoms in total. The van der Waals surface area contributed by atoms with Crippen molar-refractivity contribution in [2.24, 2.45) is 5.92 Å². The van der Waals surface area contributed by atoms with Crippen molar-refractivity contribution in [2.75, 3.05) is 18.5 Å². The van der Waals surface area contributed by atoms with Crippen LogP contribution in [0.4, 0.5) is 5.69 Å². The first-order valence-electron chi connectivity index (χ1n) is 8.36. The van der Waals surface area contributed by atoms with E-state index in [2.05, 4.69) is 19.2 Å². The Bertz CT molecular complexity index is 667. The smallest absolute Gasteiger partial charge is 0.259 e. The third-order valence-corrected chi connectivity index (χ3v) is 3.30. The summed E-state index contributed by atoms with van der Waals surface area (Å²) in [5.41, 5.74) is 1.18. The van der Waals surface area contributed by atoms with Crippen LogP contribution < -0.4 is 14.8 Å². The molecule has 1 N–H and O–H groups in total. The first-order chi connectivity index (χ1) is 11.6. The maximum atomic E-state index is 12.6. The predicted octanol–water partition coefficient (Wildman–Crippen LogP) is 4.76. The summed E-state index contributed by atoms with van der Waals surface area (Å²) >= 11 is 0. The SMILES string of the molecule is CCCOc1ccccc1C(=O)Nc1ccccc1OCC(C)C. The van der Waals surface area contributed by atoms with Gasteiger partial charge in [0.2, 0.25) is 0 Å². The van der Waals surface area contributed by atoms with Gasteiger partial charge in [0.15, 0.2) is 0 Å². The van der Waals surface area contributed by atoms with Gasteiger partial charge in [0.05, 0.1) is 24.5 Å². The van der Waals surface area contributed by atoms with Crippen molar-refractivity contribution in [3.05, 3.63) is 54.1 Å². The predicted molar refractivity (Wildman–Crippen MR) is 97.0 cm³/mol. The molecular weight excluding hydrogens is 302 g/mol. The van der Waals surface area contributed by atoms with E-state index in [-0.39, 0.29) is 5.91 Å². The molecule has 2 aromatic carbocycles. The number of hydrogen-bond donors (Lipinski definition) is 1. The number of rotatable bonds is 8. The third kappa shape index (κ3) is 5.01. The molecule has 0 saturated heterocycles. The van der Waals surface area contributed by atoms with Crippen LogP contribution in [0.2, 0.25) is 0 Å². The molecule has 0 heterocycles. The number of carbonyl (C=O) groups is 1. The number of benzene rings is 2. The lowest BCUT2D eigenvalue weighted by atomic mass is 10.1. The number of nitrogens with one attached hydrogen (secondary N) is 1. The highest BCUT2D eigenvalue weighted by Crippen LogP contribution is 2.26. The lowest BCUT2D eigenvalue weighted by Crippen LogP contribution is -2.15. The summed E-state index contributed by atoms with van der Waals surface area (Å²) in [6.07, 6.45) is 0.891. The van der Waals surface area contributed by atoms with Gasteiger partial charge in [-0.15, -0.1) is 0 Å². The van der Waals surface area contributed by atoms with Crippen LogP contribution in [0.15, 0.2) is 48.5 Å². The molecule has 1 amide bonds. The van der Waals surface area contributed by atoms with Crippen LogP contribution in [-0.4, -0.2) is 19.1 Å². The Kier molecular flexibility index (Phi) is 6.67. The van der Waals surface area contributed by atoms with Gasteiger partial charge in [0, 0.05) is 0 Å². The molecule has 0 saturated carbocycles. The van der Waals surface area contributed by atoms with Gasteiger partial charge in [-0.3, -0.25) is 4.79 Å². The zero-order chi connectivity index (χ0) is 17.4. The van der Waals surface area contributed by atoms with E-state index in [1.54, 1.807) is 6.07 Å². The van der Waals surface area contributed by atoms with Crippen molar-refractivity contribution in [1.29, 1.82) is 0 Å². The van der Waals surface area contributed by atoms with E-state index in [1.807, 2.05) is 49.4 Å². The molecule has 4 heteroatoms. The maximum Gasteiger partial charge on any atom is 0.259 e. The van der Waals surface area contributed by atoms with Gasteiger partial charge in [-0.1, -0.05) is 45.0 Å². The summed E-state index contributed by atoms with van der Waals surface area (Å²) in [4.78, 5) is 12.6. The van der Waals surface area contributed by atoms with Crippen molar-refractivity contribution < 1.29 is 14.3 Å². The summed E-state index contributed by atoms with van der Waals surface area (Å²) in [6, 6.07) is 14.7. The molecule has 0 bridgehead atoms. The fourth-order valence-corrected chi connectivity index (χ4v) is 2.13. The zero-order valence-electron chi connectivity index (χ0n) is 14.5. The normalized spacial score (nSPS) is 10.5. The number of hydrogen-bond acceptors (Lipinski definition) is 3. The Morgan fingerprint density at radius 2 is 1.67 bits per heavy atom. The van der Waals surface area contributed by atoms with Gasteiger partial charge in [-0.2, -0.15) is 0 Å². The average Bonchev–Trinajstić information content (AvgIpc) is 2.59. The molecule has 0 unspecified atom stereocenters. The molecular formula is C20H25NO3. The molecule has 0 aromatic heterocycles. The fraction of sp³-hybridized carbons (Fsp3) is 0.350. The summed E-state index contributed by atoms with van der Waals surface area (Å²) in [7, 11) is 0. The first-order valence-corrected chi connectivity index (χ1v) is 8.36. The van der Waals surface area contributed by atoms with Gasteiger partial charge < -0.3 is 14.8 Å². The minimum absolute atomic E-state index is 0.206. The van der Waals surface area contributed by atoms with E-state index >= 15 is 0 Å². The van der Waals surface area contributed by atoms with Gasteiger partial charge >= 0.3 is 0 Å². The lowest BCUT2D eigenvalue weighted by Gasteiger charge is -2.15. The molecule has 0 spiro atoms. The van der Waals surface area contributed by atoms with E-state index in [1.165, 1.54) is 0 Å². The van der Waals surface area contributed by atoms with Crippen molar-refractivity contribution in [1.82, 2.24) is 0 Å². The van der Waals surface area contributed by atoms with Gasteiger partial charge in [-0.05, 0) is 36.6 Å². The number of para-hydroxylation sites is 3. The standard InChI is InChI=1S/C20H25NO3/c1-4-13-23-18-11-7-5-9-16(18)20(22)21-17-10-6-8-12-19(17)24-14-15(2)3/h5-12,15H,4,13-14H2,1-3H3,(H,21,22). The molecule has 0 radical (unpaired) electrons. The number of anilines is 1. The summed E-state index contributed by atoms with van der Waals surface area (Å²) in [6.45, 7) is 7.39. The zero-order valence-corrected chi connectivity index (χ0v) is 14.5. The topological polar surface area (TPSA) is 47.6 Å². The second-order valence-corrected chi connectivity index (χ2v) is 6.00. The van der Waals surface area contributed by atoms with Gasteiger partial charge in [0.1, 0.15) is 11.5 Å². The average molecular weight is 327 g/mol. The largest absolute Gasteiger partial charge is 0.493 e. The molecule has 0 aliphatic heterocycles. The Balaban J connectivity index is 2.15. The van der Waals surface area contributed by atoms with Crippen LogP contribution in [0.1, 0.15) is 37.6 Å². The second kappa shape index (κ2) is 8.96. The van der Waals surface area contributed by atoms with Crippen molar-refractivity contribution in [3.63, 3.8) is 0 Å². The van der Waals surface area contributed by atoms with E-state index in [0.717, 1.165) is 6.42 Å². The molecule has 0 aliphatic rings. The highest BCUT2D eigenvalue weighted by Gasteiger charge is 2.14. The maximum absolute atomic E-state index is 12.6. The Morgan fingerprint density at radius 3 is 2.38 bits per heavy atom. The van der Waals surface area contributed by atoms with E-state index in [4.69, 9.17) is 9.47 Å². The van der Waals surface area contributed by atoms with Crippen molar-refractivity contribution in [3.8, 4) is 11.5 Å². The molecule has 0 atom stereocenters. The quantitative estimate of drug-likeness (QED) is 0.760. The lowest BCUT2D eigenvalue weighted by molar-refractivity contribution is 0.102. The minimum Gasteiger partial charge on any atom is -0.493 e. The van der Waals surface area contributed by atoms with Crippen molar-refractivity contribution in [2.45, 2.75) is 27.2 Å². The van der Waals surface area contributed by atoms with Gasteiger partial charge in [-0.25, -0.2) is 0 Å². The highest BCUT2D eigenvalue weighted by atomic mass is 16.5. The van der Waals surface area contributed by atoms with Crippen LogP contribution in [0.5, 0.6) is 11.5 Å². The molecule has 0 aliphatic carbocycles.